The molecule has 0 spiro atoms. The number of carboxylic acid groups (broad SMARTS) is 1. The lowest BCUT2D eigenvalue weighted by Gasteiger charge is -2.25. The number of amides is 1. The fourth-order valence-electron chi connectivity index (χ4n) is 2.90. The Morgan fingerprint density at radius 2 is 2.13 bits per heavy atom. The third-order valence-electron chi connectivity index (χ3n) is 4.15. The number of carbonyl (C=O) groups is 2. The number of likely N-dealkylation sites (tertiary alicyclic amines) is 1. The molecule has 1 atom stereocenters. The summed E-state index contributed by atoms with van der Waals surface area (Å²) >= 11 is 5.71. The first kappa shape index (κ1) is 17.7. The summed E-state index contributed by atoms with van der Waals surface area (Å²) in [7, 11) is 1.77. The monoisotopic (exact) mass is 342 g/mol. The molecule has 0 aliphatic carbocycles. The molecule has 1 aromatic carbocycles. The molecule has 0 aromatic heterocycles. The molecule has 0 bridgehead atoms. The Morgan fingerprint density at radius 3 is 2.78 bits per heavy atom. The van der Waals surface area contributed by atoms with Gasteiger partial charge in [0.2, 0.25) is 0 Å². The quantitative estimate of drug-likeness (QED) is 0.913. The number of hydrogen-bond donors (Lipinski definition) is 1. The van der Waals surface area contributed by atoms with Crippen molar-refractivity contribution in [1.29, 1.82) is 0 Å². The number of rotatable bonds is 4. The Balaban J connectivity index is 2.02. The van der Waals surface area contributed by atoms with E-state index in [0.717, 1.165) is 18.9 Å². The van der Waals surface area contributed by atoms with Gasteiger partial charge in [0.05, 0.1) is 12.1 Å². The third kappa shape index (κ3) is 4.65. The van der Waals surface area contributed by atoms with Gasteiger partial charge in [-0.3, -0.25) is 14.5 Å². The van der Waals surface area contributed by atoms with Gasteiger partial charge in [-0.15, -0.1) is 0 Å². The number of halogens is 2. The zero-order valence-electron chi connectivity index (χ0n) is 13.0. The zero-order chi connectivity index (χ0) is 17.0. The molecule has 0 radical (unpaired) electrons. The second-order valence-electron chi connectivity index (χ2n) is 5.81. The van der Waals surface area contributed by atoms with E-state index in [1.807, 2.05) is 0 Å². The van der Waals surface area contributed by atoms with Crippen molar-refractivity contribution in [2.24, 2.45) is 0 Å². The number of nitrogens with zero attached hydrogens (tertiary/aromatic N) is 2. The van der Waals surface area contributed by atoms with Crippen LogP contribution in [-0.4, -0.2) is 59.5 Å². The van der Waals surface area contributed by atoms with Gasteiger partial charge in [0, 0.05) is 24.2 Å². The molecule has 126 valence electrons. The van der Waals surface area contributed by atoms with Crippen LogP contribution in [0.15, 0.2) is 18.2 Å². The second-order valence-corrected chi connectivity index (χ2v) is 6.25. The Hall–Kier alpha value is -1.66. The number of hydrogen-bond acceptors (Lipinski definition) is 3. The van der Waals surface area contributed by atoms with Gasteiger partial charge < -0.3 is 10.0 Å². The lowest BCUT2D eigenvalue weighted by molar-refractivity contribution is -0.138. The summed E-state index contributed by atoms with van der Waals surface area (Å²) < 4.78 is 13.9. The van der Waals surface area contributed by atoms with E-state index >= 15 is 0 Å². The minimum absolute atomic E-state index is 0.0201. The standard InChI is InChI=1S/C16H20ClFN2O3/c1-19(10-15(21)22)12-3-2-7-20(8-6-12)16(23)13-5-4-11(17)9-14(13)18/h4-5,9,12H,2-3,6-8,10H2,1H3,(H,21,22)/t12-/m1/s1. The lowest BCUT2D eigenvalue weighted by atomic mass is 10.1. The number of aliphatic carboxylic acids is 1. The SMILES string of the molecule is CN(CC(=O)O)[C@@H]1CCCN(C(=O)c2ccc(Cl)cc2F)CC1. The molecule has 1 amide bonds. The van der Waals surface area contributed by atoms with Crippen LogP contribution in [-0.2, 0) is 4.79 Å². The van der Waals surface area contributed by atoms with E-state index in [-0.39, 0.29) is 29.1 Å². The minimum atomic E-state index is -0.868. The van der Waals surface area contributed by atoms with Crippen LogP contribution in [0.5, 0.6) is 0 Å². The first-order valence-electron chi connectivity index (χ1n) is 7.55. The summed E-state index contributed by atoms with van der Waals surface area (Å²) in [6, 6.07) is 4.15. The molecule has 23 heavy (non-hydrogen) atoms. The molecule has 1 aromatic rings. The summed E-state index contributed by atoms with van der Waals surface area (Å²) in [5.41, 5.74) is 0.0201. The van der Waals surface area contributed by atoms with Crippen molar-refractivity contribution in [3.63, 3.8) is 0 Å². The van der Waals surface area contributed by atoms with Crippen LogP contribution in [0.2, 0.25) is 5.02 Å². The average Bonchev–Trinajstić information content (AvgIpc) is 2.71. The minimum Gasteiger partial charge on any atom is -0.480 e. The molecule has 1 aliphatic heterocycles. The summed E-state index contributed by atoms with van der Waals surface area (Å²) in [6.45, 7) is 0.998. The van der Waals surface area contributed by atoms with Crippen LogP contribution < -0.4 is 0 Å². The molecule has 1 saturated heterocycles. The van der Waals surface area contributed by atoms with Crippen molar-refractivity contribution >= 4 is 23.5 Å². The molecular weight excluding hydrogens is 323 g/mol. The highest BCUT2D eigenvalue weighted by Gasteiger charge is 2.25. The molecule has 0 unspecified atom stereocenters. The van der Waals surface area contributed by atoms with Gasteiger partial charge in [-0.25, -0.2) is 4.39 Å². The van der Waals surface area contributed by atoms with Crippen LogP contribution in [0.25, 0.3) is 0 Å². The lowest BCUT2D eigenvalue weighted by Crippen LogP contribution is -2.37. The molecule has 1 heterocycles. The zero-order valence-corrected chi connectivity index (χ0v) is 13.7. The van der Waals surface area contributed by atoms with Crippen LogP contribution >= 0.6 is 11.6 Å². The average molecular weight is 343 g/mol. The van der Waals surface area contributed by atoms with Gasteiger partial charge in [0.25, 0.3) is 5.91 Å². The highest BCUT2D eigenvalue weighted by atomic mass is 35.5. The number of carbonyl (C=O) groups excluding carboxylic acids is 1. The van der Waals surface area contributed by atoms with Crippen molar-refractivity contribution < 1.29 is 19.1 Å². The van der Waals surface area contributed by atoms with Crippen molar-refractivity contribution in [1.82, 2.24) is 9.80 Å². The largest absolute Gasteiger partial charge is 0.480 e. The Morgan fingerprint density at radius 1 is 1.39 bits per heavy atom. The Kier molecular flexibility index (Phi) is 5.96. The van der Waals surface area contributed by atoms with Crippen molar-refractivity contribution in [2.45, 2.75) is 25.3 Å². The number of benzene rings is 1. The smallest absolute Gasteiger partial charge is 0.317 e. The highest BCUT2D eigenvalue weighted by Crippen LogP contribution is 2.20. The third-order valence-corrected chi connectivity index (χ3v) is 4.39. The van der Waals surface area contributed by atoms with Crippen molar-refractivity contribution in [3.05, 3.63) is 34.6 Å². The van der Waals surface area contributed by atoms with E-state index in [4.69, 9.17) is 16.7 Å². The van der Waals surface area contributed by atoms with E-state index in [2.05, 4.69) is 0 Å². The predicted octanol–water partition coefficient (Wildman–Crippen LogP) is 2.49. The van der Waals surface area contributed by atoms with E-state index in [1.54, 1.807) is 16.8 Å². The van der Waals surface area contributed by atoms with Gasteiger partial charge in [0.15, 0.2) is 0 Å². The maximum absolute atomic E-state index is 13.9. The fraction of sp³-hybridized carbons (Fsp3) is 0.500. The first-order valence-corrected chi connectivity index (χ1v) is 7.92. The van der Waals surface area contributed by atoms with Gasteiger partial charge in [-0.05, 0) is 44.5 Å². The second kappa shape index (κ2) is 7.75. The summed E-state index contributed by atoms with van der Waals surface area (Å²) in [5.74, 6) is -1.83. The van der Waals surface area contributed by atoms with E-state index in [1.165, 1.54) is 12.1 Å². The molecule has 0 saturated carbocycles. The molecule has 1 N–H and O–H groups in total. The number of carboxylic acids is 1. The van der Waals surface area contributed by atoms with Gasteiger partial charge >= 0.3 is 5.97 Å². The first-order chi connectivity index (χ1) is 10.9. The van der Waals surface area contributed by atoms with Crippen LogP contribution in [0.1, 0.15) is 29.6 Å². The fourth-order valence-corrected chi connectivity index (χ4v) is 3.06. The molecule has 1 aliphatic rings. The van der Waals surface area contributed by atoms with Crippen LogP contribution in [0.3, 0.4) is 0 Å². The van der Waals surface area contributed by atoms with E-state index in [0.29, 0.717) is 19.5 Å². The van der Waals surface area contributed by atoms with E-state index in [9.17, 15) is 14.0 Å². The number of likely N-dealkylation sites (N-methyl/N-ethyl adjacent to an activating group) is 1. The highest BCUT2D eigenvalue weighted by molar-refractivity contribution is 6.30. The molecule has 1 fully saturated rings. The van der Waals surface area contributed by atoms with Gasteiger partial charge in [-0.2, -0.15) is 0 Å². The van der Waals surface area contributed by atoms with Crippen molar-refractivity contribution in [2.75, 3.05) is 26.7 Å². The molecular formula is C16H20ClFN2O3. The van der Waals surface area contributed by atoms with Crippen molar-refractivity contribution in [3.8, 4) is 0 Å². The topological polar surface area (TPSA) is 60.9 Å². The normalized spacial score (nSPS) is 18.8. The maximum atomic E-state index is 13.9. The maximum Gasteiger partial charge on any atom is 0.317 e. The predicted molar refractivity (Wildman–Crippen MR) is 85.2 cm³/mol. The Bertz CT molecular complexity index is 597. The molecule has 2 rings (SSSR count). The summed E-state index contributed by atoms with van der Waals surface area (Å²) in [6.07, 6.45) is 2.25. The van der Waals surface area contributed by atoms with Gasteiger partial charge in [-0.1, -0.05) is 11.6 Å². The molecule has 5 nitrogen and oxygen atoms in total. The Labute approximate surface area is 139 Å². The summed E-state index contributed by atoms with van der Waals surface area (Å²) in [5, 5.41) is 9.12. The molecule has 7 heteroatoms. The van der Waals surface area contributed by atoms with E-state index < -0.39 is 11.8 Å². The van der Waals surface area contributed by atoms with Crippen LogP contribution in [0.4, 0.5) is 4.39 Å². The summed E-state index contributed by atoms with van der Waals surface area (Å²) in [4.78, 5) is 26.7. The van der Waals surface area contributed by atoms with Crippen LogP contribution in [0, 0.1) is 5.82 Å². The van der Waals surface area contributed by atoms with Gasteiger partial charge in [0.1, 0.15) is 5.82 Å².